The number of nitrogens with one attached hydrogen (secondary N) is 1. The van der Waals surface area contributed by atoms with Crippen LogP contribution in [0.2, 0.25) is 0 Å². The van der Waals surface area contributed by atoms with Gasteiger partial charge in [0.25, 0.3) is 5.91 Å². The Bertz CT molecular complexity index is 1260. The van der Waals surface area contributed by atoms with Crippen LogP contribution < -0.4 is 5.32 Å². The maximum absolute atomic E-state index is 13.7. The Morgan fingerprint density at radius 3 is 2.61 bits per heavy atom. The Morgan fingerprint density at radius 2 is 1.97 bits per heavy atom. The van der Waals surface area contributed by atoms with Crippen LogP contribution in [-0.4, -0.2) is 39.0 Å². The molecule has 2 N–H and O–H groups in total. The number of alkyl halides is 3. The molecule has 33 heavy (non-hydrogen) atoms. The zero-order chi connectivity index (χ0) is 23.6. The van der Waals surface area contributed by atoms with Crippen molar-refractivity contribution < 1.29 is 32.6 Å². The summed E-state index contributed by atoms with van der Waals surface area (Å²) in [7, 11) is 0. The van der Waals surface area contributed by atoms with Crippen LogP contribution in [0.5, 0.6) is 0 Å². The van der Waals surface area contributed by atoms with Crippen LogP contribution in [0, 0.1) is 0 Å². The highest BCUT2D eigenvalue weighted by Crippen LogP contribution is 2.34. The molecule has 1 aliphatic rings. The third kappa shape index (κ3) is 4.89. The van der Waals surface area contributed by atoms with Gasteiger partial charge in [0.1, 0.15) is 24.0 Å². The summed E-state index contributed by atoms with van der Waals surface area (Å²) in [5, 5.41) is 11.8. The number of carbonyl (C=O) groups is 2. The first-order valence-corrected chi connectivity index (χ1v) is 9.88. The first-order chi connectivity index (χ1) is 15.7. The van der Waals surface area contributed by atoms with Gasteiger partial charge in [-0.15, -0.1) is 0 Å². The van der Waals surface area contributed by atoms with Crippen molar-refractivity contribution in [2.75, 3.05) is 6.61 Å². The van der Waals surface area contributed by atoms with Crippen molar-refractivity contribution in [3.63, 3.8) is 0 Å². The van der Waals surface area contributed by atoms with Crippen LogP contribution in [0.15, 0.2) is 67.2 Å². The standard InChI is InChI=1S/C23H18F3N3O4/c24-23(25,26)17-11-16(15-6-8-33-9-7-15)12-29-13-19(27-20(17)29)21(30)28-18(22(31)32)10-14-4-2-1-3-5-14/h1-8,11-13,18H,9-10H2,(H,28,30)(H,31,32). The summed E-state index contributed by atoms with van der Waals surface area (Å²) in [5.74, 6) is -2.16. The van der Waals surface area contributed by atoms with E-state index < -0.39 is 35.3 Å². The number of aliphatic carboxylic acids is 1. The molecule has 0 saturated heterocycles. The summed E-state index contributed by atoms with van der Waals surface area (Å²) in [4.78, 5) is 28.2. The molecule has 0 radical (unpaired) electrons. The van der Waals surface area contributed by atoms with E-state index >= 15 is 0 Å². The van der Waals surface area contributed by atoms with Gasteiger partial charge in [-0.3, -0.25) is 4.79 Å². The summed E-state index contributed by atoms with van der Waals surface area (Å²) in [6.07, 6.45) is 2.42. The minimum Gasteiger partial charge on any atom is -0.497 e. The molecule has 2 aromatic heterocycles. The Labute approximate surface area is 185 Å². The van der Waals surface area contributed by atoms with E-state index in [1.807, 2.05) is 0 Å². The fourth-order valence-corrected chi connectivity index (χ4v) is 3.45. The number of aromatic nitrogens is 2. The second-order valence-corrected chi connectivity index (χ2v) is 7.35. The van der Waals surface area contributed by atoms with E-state index in [4.69, 9.17) is 4.74 Å². The minimum absolute atomic E-state index is 0.00972. The van der Waals surface area contributed by atoms with Crippen LogP contribution in [0.1, 0.15) is 27.2 Å². The molecule has 3 heterocycles. The average Bonchev–Trinajstić information content (AvgIpc) is 3.23. The molecule has 3 aromatic rings. The highest BCUT2D eigenvalue weighted by Gasteiger charge is 2.35. The molecule has 10 heteroatoms. The Morgan fingerprint density at radius 1 is 1.21 bits per heavy atom. The van der Waals surface area contributed by atoms with E-state index in [9.17, 15) is 27.9 Å². The number of hydrogen-bond acceptors (Lipinski definition) is 4. The maximum Gasteiger partial charge on any atom is 0.420 e. The first kappa shape index (κ1) is 22.1. The SMILES string of the molecule is O=C(NC(Cc1ccccc1)C(=O)O)c1cn2cc(C3=CCOC=C3)cc(C(F)(F)F)c2n1. The van der Waals surface area contributed by atoms with Gasteiger partial charge in [0.15, 0.2) is 0 Å². The third-order valence-corrected chi connectivity index (χ3v) is 5.05. The molecular weight excluding hydrogens is 439 g/mol. The van der Waals surface area contributed by atoms with Crippen molar-refractivity contribution in [1.29, 1.82) is 0 Å². The number of halogens is 3. The second kappa shape index (κ2) is 8.81. The van der Waals surface area contributed by atoms with Crippen LogP contribution >= 0.6 is 0 Å². The van der Waals surface area contributed by atoms with Crippen molar-refractivity contribution in [3.8, 4) is 0 Å². The lowest BCUT2D eigenvalue weighted by atomic mass is 10.0. The van der Waals surface area contributed by atoms with Gasteiger partial charge in [0.2, 0.25) is 0 Å². The maximum atomic E-state index is 13.7. The predicted molar refractivity (Wildman–Crippen MR) is 112 cm³/mol. The van der Waals surface area contributed by atoms with Crippen LogP contribution in [-0.2, 0) is 22.1 Å². The van der Waals surface area contributed by atoms with Crippen molar-refractivity contribution >= 4 is 23.1 Å². The summed E-state index contributed by atoms with van der Waals surface area (Å²) < 4.78 is 47.4. The lowest BCUT2D eigenvalue weighted by molar-refractivity contribution is -0.139. The van der Waals surface area contributed by atoms with Gasteiger partial charge in [-0.05, 0) is 34.9 Å². The summed E-state index contributed by atoms with van der Waals surface area (Å²) in [6, 6.07) is 8.34. The Balaban J connectivity index is 1.67. The van der Waals surface area contributed by atoms with Gasteiger partial charge in [-0.2, -0.15) is 13.2 Å². The van der Waals surface area contributed by atoms with Gasteiger partial charge in [-0.1, -0.05) is 30.3 Å². The number of nitrogens with zero attached hydrogens (tertiary/aromatic N) is 2. The fraction of sp³-hybridized carbons (Fsp3) is 0.174. The molecule has 0 fully saturated rings. The van der Waals surface area contributed by atoms with Gasteiger partial charge in [-0.25, -0.2) is 9.78 Å². The molecule has 1 unspecified atom stereocenters. The number of imidazole rings is 1. The number of ether oxygens (including phenoxy) is 1. The molecule has 0 aliphatic carbocycles. The highest BCUT2D eigenvalue weighted by atomic mass is 19.4. The number of hydrogen-bond donors (Lipinski definition) is 2. The van der Waals surface area contributed by atoms with Crippen LogP contribution in [0.3, 0.4) is 0 Å². The number of fused-ring (bicyclic) bond motifs is 1. The van der Waals surface area contributed by atoms with Gasteiger partial charge >= 0.3 is 12.1 Å². The van der Waals surface area contributed by atoms with E-state index in [0.29, 0.717) is 11.1 Å². The van der Waals surface area contributed by atoms with Crippen LogP contribution in [0.25, 0.3) is 11.2 Å². The molecule has 0 saturated carbocycles. The summed E-state index contributed by atoms with van der Waals surface area (Å²) in [6.45, 7) is 0.223. The summed E-state index contributed by atoms with van der Waals surface area (Å²) >= 11 is 0. The number of carbonyl (C=O) groups excluding carboxylic acids is 1. The number of carboxylic acid groups (broad SMARTS) is 1. The van der Waals surface area contributed by atoms with Crippen LogP contribution in [0.4, 0.5) is 13.2 Å². The molecule has 0 bridgehead atoms. The molecule has 1 aromatic carbocycles. The van der Waals surface area contributed by atoms with E-state index in [2.05, 4.69) is 10.3 Å². The number of carboxylic acids is 1. The normalized spacial score (nSPS) is 14.5. The largest absolute Gasteiger partial charge is 0.497 e. The molecule has 1 amide bonds. The third-order valence-electron chi connectivity index (χ3n) is 5.05. The van der Waals surface area contributed by atoms with Crippen molar-refractivity contribution in [3.05, 3.63) is 89.6 Å². The van der Waals surface area contributed by atoms with E-state index in [1.165, 1.54) is 18.5 Å². The quantitative estimate of drug-likeness (QED) is 0.589. The minimum atomic E-state index is -4.72. The second-order valence-electron chi connectivity index (χ2n) is 7.35. The lowest BCUT2D eigenvalue weighted by Crippen LogP contribution is -2.42. The molecule has 4 rings (SSSR count). The zero-order valence-corrected chi connectivity index (χ0v) is 17.0. The number of benzene rings is 1. The monoisotopic (exact) mass is 457 g/mol. The molecule has 1 atom stereocenters. The zero-order valence-electron chi connectivity index (χ0n) is 17.0. The molecule has 7 nitrogen and oxygen atoms in total. The number of rotatable bonds is 6. The van der Waals surface area contributed by atoms with Gasteiger partial charge in [0, 0.05) is 18.8 Å². The molecular formula is C23H18F3N3O4. The van der Waals surface area contributed by atoms with Gasteiger partial charge in [0.05, 0.1) is 11.8 Å². The number of amides is 1. The Kier molecular flexibility index (Phi) is 5.91. The smallest absolute Gasteiger partial charge is 0.420 e. The first-order valence-electron chi connectivity index (χ1n) is 9.88. The molecule has 0 spiro atoms. The lowest BCUT2D eigenvalue weighted by Gasteiger charge is -2.13. The fourth-order valence-electron chi connectivity index (χ4n) is 3.45. The number of allylic oxidation sites excluding steroid dienone is 2. The highest BCUT2D eigenvalue weighted by molar-refractivity contribution is 5.95. The van der Waals surface area contributed by atoms with E-state index in [0.717, 1.165) is 16.7 Å². The van der Waals surface area contributed by atoms with Crippen molar-refractivity contribution in [2.24, 2.45) is 0 Å². The Hall–Kier alpha value is -4.08. The molecule has 170 valence electrons. The van der Waals surface area contributed by atoms with Crippen molar-refractivity contribution in [2.45, 2.75) is 18.6 Å². The van der Waals surface area contributed by atoms with E-state index in [1.54, 1.807) is 36.4 Å². The van der Waals surface area contributed by atoms with Crippen molar-refractivity contribution in [1.82, 2.24) is 14.7 Å². The van der Waals surface area contributed by atoms with E-state index in [-0.39, 0.29) is 24.3 Å². The predicted octanol–water partition coefficient (Wildman–Crippen LogP) is 3.71. The summed E-state index contributed by atoms with van der Waals surface area (Å²) in [5.41, 5.74) is -0.314. The molecule has 1 aliphatic heterocycles. The topological polar surface area (TPSA) is 92.9 Å². The number of pyridine rings is 1. The van der Waals surface area contributed by atoms with Gasteiger partial charge < -0.3 is 19.6 Å². The average molecular weight is 457 g/mol.